The maximum Gasteiger partial charge on any atom is 0.335 e. The molecule has 182 valence electrons. The van der Waals surface area contributed by atoms with Crippen molar-refractivity contribution in [3.8, 4) is 11.5 Å². The van der Waals surface area contributed by atoms with Crippen LogP contribution in [0.4, 0.5) is 0 Å². The molecule has 0 bridgehead atoms. The summed E-state index contributed by atoms with van der Waals surface area (Å²) in [4.78, 5) is 12.5. The predicted octanol–water partition coefficient (Wildman–Crippen LogP) is 1.90. The molecule has 1 fully saturated rings. The second kappa shape index (κ2) is 10.7. The van der Waals surface area contributed by atoms with E-state index < -0.39 is 36.7 Å². The number of aliphatic hydroxyl groups is 3. The minimum atomic E-state index is -1.79. The maximum atomic E-state index is 11.4. The van der Waals surface area contributed by atoms with E-state index in [0.29, 0.717) is 16.9 Å². The van der Waals surface area contributed by atoms with Gasteiger partial charge in [0.25, 0.3) is 0 Å². The van der Waals surface area contributed by atoms with Crippen LogP contribution >= 0.6 is 11.3 Å². The Morgan fingerprint density at radius 2 is 1.74 bits per heavy atom. The Balaban J connectivity index is 1.62. The molecule has 3 aromatic rings. The molecule has 1 aliphatic heterocycles. The van der Waals surface area contributed by atoms with Gasteiger partial charge in [-0.2, -0.15) is 0 Å². The normalized spacial score (nSPS) is 25.7. The molecule has 0 amide bonds. The third-order valence-electron chi connectivity index (χ3n) is 5.69. The summed E-state index contributed by atoms with van der Waals surface area (Å²) in [5.74, 6) is -0.522. The number of hydrogen-bond acceptors (Lipinski definition) is 9. The van der Waals surface area contributed by atoms with Crippen molar-refractivity contribution in [2.45, 2.75) is 43.2 Å². The third-order valence-corrected chi connectivity index (χ3v) is 6.65. The second-order valence-electron chi connectivity index (χ2n) is 7.97. The molecule has 5 N–H and O–H groups in total. The Labute approximate surface area is 200 Å². The van der Waals surface area contributed by atoms with Gasteiger partial charge in [0.05, 0.1) is 0 Å². The van der Waals surface area contributed by atoms with Crippen LogP contribution in [0.3, 0.4) is 0 Å². The Bertz CT molecular complexity index is 1110. The SMILES string of the molecule is CNCC[C@H](Oc1ccc(O[C@@H]2O[C@@H](C(=O)O)[C@H](O)[C@@H](O)[C@H]2O)c2ccccc12)c1cccs1. The summed E-state index contributed by atoms with van der Waals surface area (Å²) in [6.45, 7) is 0.775. The lowest BCUT2D eigenvalue weighted by atomic mass is 9.99. The van der Waals surface area contributed by atoms with Gasteiger partial charge in [-0.1, -0.05) is 30.3 Å². The van der Waals surface area contributed by atoms with Gasteiger partial charge in [-0.3, -0.25) is 0 Å². The van der Waals surface area contributed by atoms with Crippen LogP contribution in [0.2, 0.25) is 0 Å². The van der Waals surface area contributed by atoms with E-state index in [1.54, 1.807) is 29.5 Å². The second-order valence-corrected chi connectivity index (χ2v) is 8.95. The average Bonchev–Trinajstić information content (AvgIpc) is 3.37. The summed E-state index contributed by atoms with van der Waals surface area (Å²) in [6.07, 6.45) is -7.80. The number of aliphatic hydroxyl groups excluding tert-OH is 3. The van der Waals surface area contributed by atoms with Gasteiger partial charge in [-0.05, 0) is 37.2 Å². The quantitative estimate of drug-likeness (QED) is 0.305. The fraction of sp³-hybridized carbons (Fsp3) is 0.375. The summed E-state index contributed by atoms with van der Waals surface area (Å²) in [5, 5.41) is 46.1. The molecule has 0 saturated carbocycles. The van der Waals surface area contributed by atoms with Gasteiger partial charge in [0, 0.05) is 22.1 Å². The molecule has 0 unspecified atom stereocenters. The number of carboxylic acids is 1. The van der Waals surface area contributed by atoms with Crippen LogP contribution in [0.5, 0.6) is 11.5 Å². The number of thiophene rings is 1. The van der Waals surface area contributed by atoms with Gasteiger partial charge in [-0.15, -0.1) is 11.3 Å². The van der Waals surface area contributed by atoms with E-state index in [4.69, 9.17) is 14.2 Å². The van der Waals surface area contributed by atoms with Crippen LogP contribution in [-0.4, -0.2) is 70.7 Å². The highest BCUT2D eigenvalue weighted by Gasteiger charge is 2.48. The summed E-state index contributed by atoms with van der Waals surface area (Å²) in [6, 6.07) is 14.8. The van der Waals surface area contributed by atoms with Gasteiger partial charge >= 0.3 is 5.97 Å². The molecule has 10 heteroatoms. The number of carbonyl (C=O) groups is 1. The minimum Gasteiger partial charge on any atom is -0.484 e. The molecule has 1 saturated heterocycles. The van der Waals surface area contributed by atoms with Crippen molar-refractivity contribution >= 4 is 28.1 Å². The molecule has 0 radical (unpaired) electrons. The number of fused-ring (bicyclic) bond motifs is 1. The first-order valence-electron chi connectivity index (χ1n) is 10.9. The number of ether oxygens (including phenoxy) is 3. The first-order valence-corrected chi connectivity index (χ1v) is 11.7. The zero-order valence-corrected chi connectivity index (χ0v) is 19.2. The van der Waals surface area contributed by atoms with Gasteiger partial charge in [-0.25, -0.2) is 4.79 Å². The van der Waals surface area contributed by atoms with Crippen LogP contribution < -0.4 is 14.8 Å². The first kappa shape index (κ1) is 24.4. The van der Waals surface area contributed by atoms with E-state index >= 15 is 0 Å². The van der Waals surface area contributed by atoms with E-state index in [0.717, 1.165) is 23.2 Å². The molecule has 2 heterocycles. The average molecular weight is 490 g/mol. The lowest BCUT2D eigenvalue weighted by molar-refractivity contribution is -0.270. The van der Waals surface area contributed by atoms with Crippen LogP contribution in [0, 0.1) is 0 Å². The maximum absolute atomic E-state index is 11.4. The fourth-order valence-electron chi connectivity index (χ4n) is 3.89. The molecule has 1 aromatic heterocycles. The molecule has 1 aliphatic rings. The van der Waals surface area contributed by atoms with Gasteiger partial charge in [0.1, 0.15) is 35.9 Å². The van der Waals surface area contributed by atoms with E-state index in [-0.39, 0.29) is 6.10 Å². The molecule has 4 rings (SSSR count). The largest absolute Gasteiger partial charge is 0.484 e. The standard InChI is InChI=1S/C24H27NO8S/c1-25-11-10-17(18-7-4-12-34-18)31-15-8-9-16(14-6-3-2-5-13(14)15)32-24-21(28)19(26)20(27)22(33-24)23(29)30/h2-9,12,17,19-22,24-28H,10-11H2,1H3,(H,29,30)/t17-,19+,20+,21+,22+,24+/m0/s1. The molecule has 0 aliphatic carbocycles. The van der Waals surface area contributed by atoms with Crippen LogP contribution in [0.25, 0.3) is 10.8 Å². The number of hydrogen-bond donors (Lipinski definition) is 5. The van der Waals surface area contributed by atoms with Crippen molar-refractivity contribution < 1.29 is 39.4 Å². The van der Waals surface area contributed by atoms with Crippen molar-refractivity contribution in [1.82, 2.24) is 5.32 Å². The smallest absolute Gasteiger partial charge is 0.335 e. The molecule has 9 nitrogen and oxygen atoms in total. The third kappa shape index (κ3) is 5.02. The van der Waals surface area contributed by atoms with E-state index in [1.165, 1.54) is 0 Å². The highest BCUT2D eigenvalue weighted by Crippen LogP contribution is 2.38. The van der Waals surface area contributed by atoms with Crippen molar-refractivity contribution in [3.63, 3.8) is 0 Å². The number of nitrogens with one attached hydrogen (secondary N) is 1. The Morgan fingerprint density at radius 3 is 2.38 bits per heavy atom. The van der Waals surface area contributed by atoms with Crippen molar-refractivity contribution in [3.05, 3.63) is 58.8 Å². The van der Waals surface area contributed by atoms with Crippen molar-refractivity contribution in [2.75, 3.05) is 13.6 Å². The van der Waals surface area contributed by atoms with E-state index in [9.17, 15) is 25.2 Å². The van der Waals surface area contributed by atoms with Gasteiger partial charge in [0.2, 0.25) is 6.29 Å². The Hall–Kier alpha value is -2.73. The lowest BCUT2D eigenvalue weighted by Gasteiger charge is -2.38. The number of carboxylic acid groups (broad SMARTS) is 1. The number of rotatable bonds is 9. The van der Waals surface area contributed by atoms with Gasteiger partial charge < -0.3 is 40.0 Å². The molecular formula is C24H27NO8S. The highest BCUT2D eigenvalue weighted by molar-refractivity contribution is 7.10. The Kier molecular flexibility index (Phi) is 7.67. The molecule has 6 atom stereocenters. The summed E-state index contributed by atoms with van der Waals surface area (Å²) in [5.41, 5.74) is 0. The summed E-state index contributed by atoms with van der Waals surface area (Å²) in [7, 11) is 1.89. The van der Waals surface area contributed by atoms with Crippen LogP contribution in [0.1, 0.15) is 17.4 Å². The lowest BCUT2D eigenvalue weighted by Crippen LogP contribution is -2.61. The van der Waals surface area contributed by atoms with Crippen molar-refractivity contribution in [2.24, 2.45) is 0 Å². The molecule has 2 aromatic carbocycles. The fourth-order valence-corrected chi connectivity index (χ4v) is 4.68. The van der Waals surface area contributed by atoms with E-state index in [2.05, 4.69) is 5.32 Å². The van der Waals surface area contributed by atoms with Crippen molar-refractivity contribution in [1.29, 1.82) is 0 Å². The molecule has 0 spiro atoms. The van der Waals surface area contributed by atoms with Crippen LogP contribution in [0.15, 0.2) is 53.9 Å². The highest BCUT2D eigenvalue weighted by atomic mass is 32.1. The zero-order chi connectivity index (χ0) is 24.2. The monoisotopic (exact) mass is 489 g/mol. The minimum absolute atomic E-state index is 0.154. The zero-order valence-electron chi connectivity index (χ0n) is 18.4. The molecular weight excluding hydrogens is 462 g/mol. The summed E-state index contributed by atoms with van der Waals surface area (Å²) >= 11 is 1.62. The van der Waals surface area contributed by atoms with Crippen LogP contribution in [-0.2, 0) is 9.53 Å². The Morgan fingerprint density at radius 1 is 1.03 bits per heavy atom. The van der Waals surface area contributed by atoms with Gasteiger partial charge in [0.15, 0.2) is 6.10 Å². The predicted molar refractivity (Wildman–Crippen MR) is 125 cm³/mol. The number of aliphatic carboxylic acids is 1. The van der Waals surface area contributed by atoms with E-state index in [1.807, 2.05) is 42.8 Å². The number of benzene rings is 2. The summed E-state index contributed by atoms with van der Waals surface area (Å²) < 4.78 is 17.5. The molecule has 34 heavy (non-hydrogen) atoms. The first-order chi connectivity index (χ1) is 16.4. The topological polar surface area (TPSA) is 138 Å².